The lowest BCUT2D eigenvalue weighted by Gasteiger charge is -2.12. The van der Waals surface area contributed by atoms with E-state index in [1.807, 2.05) is 24.3 Å². The summed E-state index contributed by atoms with van der Waals surface area (Å²) in [6.07, 6.45) is 0. The molecule has 0 aliphatic heterocycles. The van der Waals surface area contributed by atoms with Gasteiger partial charge in [0.05, 0.1) is 7.11 Å². The Balaban J connectivity index is 1.70. The molecule has 29 heavy (non-hydrogen) atoms. The maximum atomic E-state index is 12.5. The largest absolute Gasteiger partial charge is 0.497 e. The molecule has 0 bridgehead atoms. The Hall–Kier alpha value is -2.39. The Morgan fingerprint density at radius 3 is 2.41 bits per heavy atom. The highest BCUT2D eigenvalue weighted by Gasteiger charge is 2.30. The van der Waals surface area contributed by atoms with E-state index >= 15 is 0 Å². The third-order valence-corrected chi connectivity index (χ3v) is 5.03. The summed E-state index contributed by atoms with van der Waals surface area (Å²) in [5.41, 5.74) is 1.44. The van der Waals surface area contributed by atoms with E-state index in [4.69, 9.17) is 39.5 Å². The quantitative estimate of drug-likeness (QED) is 0.523. The van der Waals surface area contributed by atoms with Crippen LogP contribution in [0.2, 0.25) is 0 Å². The van der Waals surface area contributed by atoms with Crippen LogP contribution in [0.3, 0.4) is 0 Å². The SMILES string of the molecule is COc1ccc(-c2nnc(NC(=O)c3cccc(NC(=O)C(Cl)(Cl)Cl)c3)s2)cc1. The Bertz CT molecular complexity index is 1040. The first-order chi connectivity index (χ1) is 13.8. The van der Waals surface area contributed by atoms with E-state index in [2.05, 4.69) is 20.8 Å². The van der Waals surface area contributed by atoms with Gasteiger partial charge in [0.2, 0.25) is 5.13 Å². The van der Waals surface area contributed by atoms with Gasteiger partial charge in [-0.15, -0.1) is 10.2 Å². The number of methoxy groups -OCH3 is 1. The Morgan fingerprint density at radius 1 is 1.03 bits per heavy atom. The lowest BCUT2D eigenvalue weighted by Crippen LogP contribution is -2.27. The van der Waals surface area contributed by atoms with Crippen LogP contribution >= 0.6 is 46.1 Å². The predicted molar refractivity (Wildman–Crippen MR) is 115 cm³/mol. The number of carbonyl (C=O) groups excluding carboxylic acids is 2. The first kappa shape index (κ1) is 21.3. The Morgan fingerprint density at radius 2 is 1.76 bits per heavy atom. The van der Waals surface area contributed by atoms with Crippen LogP contribution in [-0.2, 0) is 4.79 Å². The molecule has 7 nitrogen and oxygen atoms in total. The lowest BCUT2D eigenvalue weighted by atomic mass is 10.2. The Labute approximate surface area is 184 Å². The molecule has 0 aliphatic rings. The molecule has 11 heteroatoms. The minimum atomic E-state index is -2.11. The number of aromatic nitrogens is 2. The average Bonchev–Trinajstić information content (AvgIpc) is 3.16. The number of rotatable bonds is 5. The molecule has 0 fully saturated rings. The molecule has 0 unspecified atom stereocenters. The van der Waals surface area contributed by atoms with Crippen molar-refractivity contribution in [1.29, 1.82) is 0 Å². The fourth-order valence-electron chi connectivity index (χ4n) is 2.23. The summed E-state index contributed by atoms with van der Waals surface area (Å²) in [6.45, 7) is 0. The fraction of sp³-hybridized carbons (Fsp3) is 0.111. The number of halogens is 3. The number of amides is 2. The van der Waals surface area contributed by atoms with Crippen molar-refractivity contribution in [2.24, 2.45) is 0 Å². The number of hydrogen-bond donors (Lipinski definition) is 2. The van der Waals surface area contributed by atoms with E-state index in [0.29, 0.717) is 15.8 Å². The normalized spacial score (nSPS) is 11.0. The number of anilines is 2. The van der Waals surface area contributed by atoms with E-state index in [-0.39, 0.29) is 5.56 Å². The van der Waals surface area contributed by atoms with Crippen LogP contribution in [0.4, 0.5) is 10.8 Å². The minimum absolute atomic E-state index is 0.285. The summed E-state index contributed by atoms with van der Waals surface area (Å²) in [5.74, 6) is -0.519. The Kier molecular flexibility index (Phi) is 6.59. The molecule has 150 valence electrons. The minimum Gasteiger partial charge on any atom is -0.497 e. The van der Waals surface area contributed by atoms with Gasteiger partial charge in [0.25, 0.3) is 15.6 Å². The fourth-order valence-corrected chi connectivity index (χ4v) is 3.12. The molecule has 0 spiro atoms. The topological polar surface area (TPSA) is 93.2 Å². The molecule has 1 heterocycles. The van der Waals surface area contributed by atoms with Gasteiger partial charge >= 0.3 is 0 Å². The van der Waals surface area contributed by atoms with Crippen LogP contribution in [0.1, 0.15) is 10.4 Å². The molecular formula is C18H13Cl3N4O3S. The highest BCUT2D eigenvalue weighted by Crippen LogP contribution is 2.29. The summed E-state index contributed by atoms with van der Waals surface area (Å²) < 4.78 is 3.02. The first-order valence-corrected chi connectivity index (χ1v) is 9.99. The number of benzene rings is 2. The van der Waals surface area contributed by atoms with Gasteiger partial charge in [-0.25, -0.2) is 0 Å². The molecule has 1 aromatic heterocycles. The smallest absolute Gasteiger partial charge is 0.276 e. The maximum Gasteiger partial charge on any atom is 0.276 e. The van der Waals surface area contributed by atoms with Crippen molar-refractivity contribution in [2.75, 3.05) is 17.7 Å². The zero-order valence-corrected chi connectivity index (χ0v) is 17.9. The van der Waals surface area contributed by atoms with Crippen molar-refractivity contribution in [3.05, 3.63) is 54.1 Å². The monoisotopic (exact) mass is 470 g/mol. The zero-order chi connectivity index (χ0) is 21.0. The van der Waals surface area contributed by atoms with Crippen LogP contribution in [0.15, 0.2) is 48.5 Å². The number of nitrogens with one attached hydrogen (secondary N) is 2. The van der Waals surface area contributed by atoms with Gasteiger partial charge in [-0.1, -0.05) is 52.2 Å². The predicted octanol–water partition coefficient (Wildman–Crippen LogP) is 4.77. The average molecular weight is 472 g/mol. The van der Waals surface area contributed by atoms with Crippen molar-refractivity contribution in [2.45, 2.75) is 3.79 Å². The number of ether oxygens (including phenoxy) is 1. The van der Waals surface area contributed by atoms with Gasteiger partial charge in [0.1, 0.15) is 10.8 Å². The van der Waals surface area contributed by atoms with Crippen molar-refractivity contribution in [3.63, 3.8) is 0 Å². The van der Waals surface area contributed by atoms with Crippen molar-refractivity contribution in [1.82, 2.24) is 10.2 Å². The van der Waals surface area contributed by atoms with Gasteiger partial charge in [-0.3, -0.25) is 14.9 Å². The van der Waals surface area contributed by atoms with Gasteiger partial charge in [0.15, 0.2) is 0 Å². The van der Waals surface area contributed by atoms with Crippen LogP contribution in [0, 0.1) is 0 Å². The van der Waals surface area contributed by atoms with Crippen LogP contribution in [-0.4, -0.2) is 32.9 Å². The standard InChI is InChI=1S/C18H13Cl3N4O3S/c1-28-13-7-5-10(6-8-13)15-24-25-17(29-15)23-14(26)11-3-2-4-12(9-11)22-16(27)18(19,20)21/h2-9H,1H3,(H,22,27)(H,23,25,26). The number of nitrogens with zero attached hydrogens (tertiary/aromatic N) is 2. The highest BCUT2D eigenvalue weighted by atomic mass is 35.6. The van der Waals surface area contributed by atoms with Crippen LogP contribution in [0.5, 0.6) is 5.75 Å². The number of alkyl halides is 3. The van der Waals surface area contributed by atoms with Crippen LogP contribution in [0.25, 0.3) is 10.6 Å². The summed E-state index contributed by atoms with van der Waals surface area (Å²) >= 11 is 17.8. The third kappa shape index (κ3) is 5.57. The van der Waals surface area contributed by atoms with Crippen molar-refractivity contribution >= 4 is 68.8 Å². The molecule has 2 N–H and O–H groups in total. The number of hydrogen-bond acceptors (Lipinski definition) is 6. The second-order valence-electron chi connectivity index (χ2n) is 5.63. The van der Waals surface area contributed by atoms with E-state index in [1.54, 1.807) is 25.3 Å². The lowest BCUT2D eigenvalue weighted by molar-refractivity contribution is -0.115. The molecule has 0 saturated heterocycles. The second kappa shape index (κ2) is 8.96. The van der Waals surface area contributed by atoms with Gasteiger partial charge in [-0.05, 0) is 42.5 Å². The van der Waals surface area contributed by atoms with Gasteiger partial charge in [0, 0.05) is 16.8 Å². The summed E-state index contributed by atoms with van der Waals surface area (Å²) in [7, 11) is 1.59. The van der Waals surface area contributed by atoms with E-state index in [9.17, 15) is 9.59 Å². The second-order valence-corrected chi connectivity index (χ2v) is 8.89. The van der Waals surface area contributed by atoms with Gasteiger partial charge in [-0.2, -0.15) is 0 Å². The molecule has 3 rings (SSSR count). The number of carbonyl (C=O) groups is 2. The molecule has 0 atom stereocenters. The molecular weight excluding hydrogens is 459 g/mol. The van der Waals surface area contributed by atoms with Crippen molar-refractivity contribution < 1.29 is 14.3 Å². The summed E-state index contributed by atoms with van der Waals surface area (Å²) in [6, 6.07) is 13.5. The molecule has 0 radical (unpaired) electrons. The zero-order valence-electron chi connectivity index (χ0n) is 14.8. The maximum absolute atomic E-state index is 12.5. The first-order valence-electron chi connectivity index (χ1n) is 8.04. The summed E-state index contributed by atoms with van der Waals surface area (Å²) in [4.78, 5) is 24.3. The van der Waals surface area contributed by atoms with Gasteiger partial charge < -0.3 is 10.1 Å². The molecule has 0 aliphatic carbocycles. The molecule has 2 aromatic carbocycles. The van der Waals surface area contributed by atoms with E-state index in [0.717, 1.165) is 11.3 Å². The van der Waals surface area contributed by atoms with E-state index in [1.165, 1.54) is 17.4 Å². The summed E-state index contributed by atoms with van der Waals surface area (Å²) in [5, 5.41) is 14.1. The third-order valence-electron chi connectivity index (χ3n) is 3.62. The molecule has 0 saturated carbocycles. The highest BCUT2D eigenvalue weighted by molar-refractivity contribution is 7.18. The van der Waals surface area contributed by atoms with Crippen LogP contribution < -0.4 is 15.4 Å². The van der Waals surface area contributed by atoms with Crippen molar-refractivity contribution in [3.8, 4) is 16.3 Å². The van der Waals surface area contributed by atoms with E-state index < -0.39 is 15.6 Å². The molecule has 2 amide bonds. The molecule has 3 aromatic rings.